The summed E-state index contributed by atoms with van der Waals surface area (Å²) in [5.74, 6) is 0.981. The van der Waals surface area contributed by atoms with Crippen molar-refractivity contribution in [2.24, 2.45) is 0 Å². The molecular weight excluding hydrogens is 352 g/mol. The second-order valence-corrected chi connectivity index (χ2v) is 7.78. The number of anilines is 1. The molecule has 148 valence electrons. The van der Waals surface area contributed by atoms with E-state index >= 15 is 0 Å². The predicted molar refractivity (Wildman–Crippen MR) is 110 cm³/mol. The Hall–Kier alpha value is -2.67. The Bertz CT molecular complexity index is 915. The zero-order valence-electron chi connectivity index (χ0n) is 16.8. The van der Waals surface area contributed by atoms with Crippen LogP contribution in [0.3, 0.4) is 0 Å². The van der Waals surface area contributed by atoms with Crippen LogP contribution in [0.5, 0.6) is 6.01 Å². The average Bonchev–Trinajstić information content (AvgIpc) is 3.13. The lowest BCUT2D eigenvalue weighted by Crippen LogP contribution is -2.36. The standard InChI is InChI=1S/C21H28N6O/c1-15(2)18-14-23-27-19(18)24-21(28-17-9-11-26(3)12-10-17)25-20(27)22-13-16-7-5-4-6-8-16/h4-8,14-15,17H,9-13H2,1-3H3,(H,22,24,25). The minimum absolute atomic E-state index is 0.158. The van der Waals surface area contributed by atoms with Crippen LogP contribution in [0.4, 0.5) is 5.95 Å². The molecule has 1 aromatic carbocycles. The van der Waals surface area contributed by atoms with Gasteiger partial charge in [-0.3, -0.25) is 0 Å². The van der Waals surface area contributed by atoms with Crippen LogP contribution in [0.15, 0.2) is 36.5 Å². The summed E-state index contributed by atoms with van der Waals surface area (Å²) in [7, 11) is 2.14. The molecule has 7 heteroatoms. The van der Waals surface area contributed by atoms with Gasteiger partial charge in [-0.25, -0.2) is 0 Å². The fourth-order valence-corrected chi connectivity index (χ4v) is 3.48. The normalized spacial score (nSPS) is 16.0. The Labute approximate surface area is 165 Å². The molecule has 1 aliphatic heterocycles. The summed E-state index contributed by atoms with van der Waals surface area (Å²) in [6.07, 6.45) is 4.02. The third-order valence-corrected chi connectivity index (χ3v) is 5.23. The molecule has 0 radical (unpaired) electrons. The summed E-state index contributed by atoms with van der Waals surface area (Å²) in [6.45, 7) is 7.03. The number of hydrogen-bond acceptors (Lipinski definition) is 6. The van der Waals surface area contributed by atoms with E-state index in [-0.39, 0.29) is 6.10 Å². The number of fused-ring (bicyclic) bond motifs is 1. The van der Waals surface area contributed by atoms with Gasteiger partial charge < -0.3 is 15.0 Å². The van der Waals surface area contributed by atoms with Crippen molar-refractivity contribution in [2.75, 3.05) is 25.5 Å². The zero-order chi connectivity index (χ0) is 19.5. The molecule has 0 unspecified atom stereocenters. The number of nitrogens with one attached hydrogen (secondary N) is 1. The summed E-state index contributed by atoms with van der Waals surface area (Å²) >= 11 is 0. The minimum atomic E-state index is 0.158. The van der Waals surface area contributed by atoms with Crippen LogP contribution >= 0.6 is 0 Å². The Morgan fingerprint density at radius 3 is 2.61 bits per heavy atom. The van der Waals surface area contributed by atoms with Gasteiger partial charge in [-0.1, -0.05) is 44.2 Å². The van der Waals surface area contributed by atoms with Crippen molar-refractivity contribution in [1.82, 2.24) is 24.5 Å². The third kappa shape index (κ3) is 4.09. The van der Waals surface area contributed by atoms with Gasteiger partial charge in [0.2, 0.25) is 5.95 Å². The number of piperidine rings is 1. The first-order valence-corrected chi connectivity index (χ1v) is 9.99. The quantitative estimate of drug-likeness (QED) is 0.707. The van der Waals surface area contributed by atoms with E-state index in [9.17, 15) is 0 Å². The number of aromatic nitrogens is 4. The van der Waals surface area contributed by atoms with Gasteiger partial charge in [-0.15, -0.1) is 0 Å². The summed E-state index contributed by atoms with van der Waals surface area (Å²) in [6, 6.07) is 10.7. The Morgan fingerprint density at radius 1 is 1.14 bits per heavy atom. The first kappa shape index (κ1) is 18.7. The molecular formula is C21H28N6O. The number of benzene rings is 1. The van der Waals surface area contributed by atoms with Crippen molar-refractivity contribution in [3.05, 3.63) is 47.7 Å². The molecule has 1 fully saturated rings. The van der Waals surface area contributed by atoms with Crippen molar-refractivity contribution in [3.8, 4) is 6.01 Å². The van der Waals surface area contributed by atoms with Crippen molar-refractivity contribution in [3.63, 3.8) is 0 Å². The molecule has 7 nitrogen and oxygen atoms in total. The van der Waals surface area contributed by atoms with Gasteiger partial charge in [0.25, 0.3) is 0 Å². The van der Waals surface area contributed by atoms with Crippen LogP contribution in [0.2, 0.25) is 0 Å². The van der Waals surface area contributed by atoms with E-state index in [4.69, 9.17) is 9.72 Å². The Morgan fingerprint density at radius 2 is 1.89 bits per heavy atom. The fraction of sp³-hybridized carbons (Fsp3) is 0.476. The van der Waals surface area contributed by atoms with Gasteiger partial charge in [0, 0.05) is 25.2 Å². The van der Waals surface area contributed by atoms with E-state index in [1.807, 2.05) is 24.4 Å². The molecule has 0 spiro atoms. The molecule has 0 saturated carbocycles. The van der Waals surface area contributed by atoms with Crippen LogP contribution < -0.4 is 10.1 Å². The number of ether oxygens (including phenoxy) is 1. The molecule has 0 aliphatic carbocycles. The largest absolute Gasteiger partial charge is 0.460 e. The lowest BCUT2D eigenvalue weighted by molar-refractivity contribution is 0.105. The molecule has 0 amide bonds. The highest BCUT2D eigenvalue weighted by Crippen LogP contribution is 2.24. The Kier molecular flexibility index (Phi) is 5.43. The maximum atomic E-state index is 6.18. The molecule has 28 heavy (non-hydrogen) atoms. The van der Waals surface area contributed by atoms with Crippen molar-refractivity contribution in [2.45, 2.75) is 45.3 Å². The van der Waals surface area contributed by atoms with Crippen LogP contribution in [0.25, 0.3) is 5.65 Å². The van der Waals surface area contributed by atoms with Gasteiger partial charge in [0.15, 0.2) is 5.65 Å². The van der Waals surface area contributed by atoms with Gasteiger partial charge in [0.1, 0.15) is 6.10 Å². The molecule has 1 N–H and O–H groups in total. The smallest absolute Gasteiger partial charge is 0.322 e. The van der Waals surface area contributed by atoms with Crippen molar-refractivity contribution >= 4 is 11.6 Å². The second kappa shape index (κ2) is 8.14. The average molecular weight is 380 g/mol. The first-order valence-electron chi connectivity index (χ1n) is 9.99. The minimum Gasteiger partial charge on any atom is -0.460 e. The highest BCUT2D eigenvalue weighted by Gasteiger charge is 2.21. The van der Waals surface area contributed by atoms with E-state index in [1.54, 1.807) is 4.52 Å². The molecule has 0 atom stereocenters. The number of nitrogens with zero attached hydrogens (tertiary/aromatic N) is 5. The number of likely N-dealkylation sites (tertiary alicyclic amines) is 1. The summed E-state index contributed by atoms with van der Waals surface area (Å²) in [5.41, 5.74) is 3.09. The van der Waals surface area contributed by atoms with Gasteiger partial charge >= 0.3 is 6.01 Å². The van der Waals surface area contributed by atoms with Gasteiger partial charge in [0.05, 0.1) is 6.20 Å². The summed E-state index contributed by atoms with van der Waals surface area (Å²) in [4.78, 5) is 11.7. The number of hydrogen-bond donors (Lipinski definition) is 1. The Balaban J connectivity index is 1.62. The molecule has 3 heterocycles. The van der Waals surface area contributed by atoms with E-state index in [0.717, 1.165) is 37.1 Å². The van der Waals surface area contributed by atoms with E-state index in [1.165, 1.54) is 5.56 Å². The first-order chi connectivity index (χ1) is 13.6. The van der Waals surface area contributed by atoms with Crippen LogP contribution in [-0.4, -0.2) is 50.7 Å². The van der Waals surface area contributed by atoms with Crippen molar-refractivity contribution < 1.29 is 4.74 Å². The maximum Gasteiger partial charge on any atom is 0.322 e. The van der Waals surface area contributed by atoms with Gasteiger partial charge in [-0.05, 0) is 31.4 Å². The lowest BCUT2D eigenvalue weighted by atomic mass is 10.1. The third-order valence-electron chi connectivity index (χ3n) is 5.23. The van der Waals surface area contributed by atoms with Crippen LogP contribution in [0.1, 0.15) is 43.7 Å². The highest BCUT2D eigenvalue weighted by atomic mass is 16.5. The molecule has 1 aliphatic rings. The van der Waals surface area contributed by atoms with E-state index < -0.39 is 0 Å². The SMILES string of the molecule is CC(C)c1cnn2c(NCc3ccccc3)nc(OC3CCN(C)CC3)nc12. The molecule has 2 aromatic heterocycles. The molecule has 1 saturated heterocycles. The summed E-state index contributed by atoms with van der Waals surface area (Å²) < 4.78 is 7.96. The van der Waals surface area contributed by atoms with E-state index in [0.29, 0.717) is 24.4 Å². The van der Waals surface area contributed by atoms with Crippen LogP contribution in [-0.2, 0) is 6.54 Å². The highest BCUT2D eigenvalue weighted by molar-refractivity contribution is 5.53. The number of rotatable bonds is 6. The van der Waals surface area contributed by atoms with Gasteiger partial charge in [-0.2, -0.15) is 19.6 Å². The van der Waals surface area contributed by atoms with Crippen LogP contribution in [0, 0.1) is 0 Å². The van der Waals surface area contributed by atoms with Crippen molar-refractivity contribution in [1.29, 1.82) is 0 Å². The maximum absolute atomic E-state index is 6.18. The topological polar surface area (TPSA) is 67.6 Å². The monoisotopic (exact) mass is 380 g/mol. The molecule has 0 bridgehead atoms. The zero-order valence-corrected chi connectivity index (χ0v) is 16.8. The van der Waals surface area contributed by atoms with E-state index in [2.05, 4.69) is 53.3 Å². The predicted octanol–water partition coefficient (Wildman–Crippen LogP) is 3.33. The second-order valence-electron chi connectivity index (χ2n) is 7.78. The lowest BCUT2D eigenvalue weighted by Gasteiger charge is -2.28. The summed E-state index contributed by atoms with van der Waals surface area (Å²) in [5, 5.41) is 7.92. The molecule has 3 aromatic rings. The fourth-order valence-electron chi connectivity index (χ4n) is 3.48. The molecule has 4 rings (SSSR count).